The minimum Gasteiger partial charge on any atom is -0.497 e. The summed E-state index contributed by atoms with van der Waals surface area (Å²) in [4.78, 5) is 19.8. The minimum atomic E-state index is -0.499. The monoisotopic (exact) mass is 512 g/mol. The molecule has 1 atom stereocenters. The Kier molecular flexibility index (Phi) is 7.75. The lowest BCUT2D eigenvalue weighted by atomic mass is 9.91. The van der Waals surface area contributed by atoms with Gasteiger partial charge < -0.3 is 18.6 Å². The number of oxazole rings is 1. The molecule has 0 saturated carbocycles. The second-order valence-corrected chi connectivity index (χ2v) is 9.34. The SMILES string of the molecule is COC(=O)C1c2cc(OCCc3nc(-c4ccccc4)oc3C)ccc2CCN1Cc1ccc(OC)cc1. The van der Waals surface area contributed by atoms with Gasteiger partial charge in [0.2, 0.25) is 5.89 Å². The number of rotatable bonds is 9. The number of hydrogen-bond acceptors (Lipinski definition) is 7. The average Bonchev–Trinajstić information content (AvgIpc) is 3.33. The van der Waals surface area contributed by atoms with E-state index in [4.69, 9.17) is 18.6 Å². The molecule has 1 aliphatic heterocycles. The van der Waals surface area contributed by atoms with E-state index in [1.54, 1.807) is 7.11 Å². The Balaban J connectivity index is 1.29. The Morgan fingerprint density at radius 1 is 1.03 bits per heavy atom. The smallest absolute Gasteiger partial charge is 0.327 e. The van der Waals surface area contributed by atoms with Crippen molar-refractivity contribution >= 4 is 5.97 Å². The molecule has 0 amide bonds. The molecule has 0 N–H and O–H groups in total. The Bertz CT molecular complexity index is 1380. The van der Waals surface area contributed by atoms with E-state index in [0.29, 0.717) is 31.2 Å². The van der Waals surface area contributed by atoms with Crippen molar-refractivity contribution in [3.8, 4) is 23.0 Å². The van der Waals surface area contributed by atoms with Crippen LogP contribution in [-0.4, -0.2) is 43.2 Å². The molecule has 7 nitrogen and oxygen atoms in total. The van der Waals surface area contributed by atoms with Gasteiger partial charge in [-0.2, -0.15) is 0 Å². The molecule has 0 spiro atoms. The number of aryl methyl sites for hydroxylation is 1. The van der Waals surface area contributed by atoms with Crippen molar-refractivity contribution in [2.75, 3.05) is 27.4 Å². The van der Waals surface area contributed by atoms with E-state index in [1.807, 2.05) is 73.7 Å². The number of benzene rings is 3. The third-order valence-electron chi connectivity index (χ3n) is 6.94. The highest BCUT2D eigenvalue weighted by molar-refractivity contribution is 5.78. The number of ether oxygens (including phenoxy) is 3. The van der Waals surface area contributed by atoms with Gasteiger partial charge in [0.1, 0.15) is 23.3 Å². The summed E-state index contributed by atoms with van der Waals surface area (Å²) in [5, 5.41) is 0. The first kappa shape index (κ1) is 25.5. The van der Waals surface area contributed by atoms with Crippen LogP contribution >= 0.6 is 0 Å². The Hall–Kier alpha value is -4.10. The highest BCUT2D eigenvalue weighted by Crippen LogP contribution is 2.35. The van der Waals surface area contributed by atoms with Gasteiger partial charge in [0.25, 0.3) is 0 Å². The van der Waals surface area contributed by atoms with Gasteiger partial charge in [0.05, 0.1) is 26.5 Å². The Morgan fingerprint density at radius 2 is 1.79 bits per heavy atom. The van der Waals surface area contributed by atoms with E-state index in [0.717, 1.165) is 52.4 Å². The maximum absolute atomic E-state index is 13.0. The molecule has 0 fully saturated rings. The summed E-state index contributed by atoms with van der Waals surface area (Å²) in [6, 6.07) is 23.3. The summed E-state index contributed by atoms with van der Waals surface area (Å²) >= 11 is 0. The van der Waals surface area contributed by atoms with Crippen molar-refractivity contribution in [1.29, 1.82) is 0 Å². The molecule has 0 bridgehead atoms. The number of esters is 1. The molecule has 5 rings (SSSR count). The van der Waals surface area contributed by atoms with Crippen LogP contribution in [0.2, 0.25) is 0 Å². The van der Waals surface area contributed by atoms with Crippen molar-refractivity contribution in [2.45, 2.75) is 32.4 Å². The first-order valence-corrected chi connectivity index (χ1v) is 12.8. The van der Waals surface area contributed by atoms with Crippen molar-refractivity contribution in [3.05, 3.63) is 101 Å². The molecule has 2 heterocycles. The highest BCUT2D eigenvalue weighted by atomic mass is 16.5. The zero-order valence-electron chi connectivity index (χ0n) is 22.0. The predicted octanol–water partition coefficient (Wildman–Crippen LogP) is 5.55. The summed E-state index contributed by atoms with van der Waals surface area (Å²) in [6.07, 6.45) is 1.46. The number of methoxy groups -OCH3 is 2. The zero-order chi connectivity index (χ0) is 26.5. The van der Waals surface area contributed by atoms with E-state index in [2.05, 4.69) is 16.0 Å². The second kappa shape index (κ2) is 11.5. The number of nitrogens with zero attached hydrogens (tertiary/aromatic N) is 2. The minimum absolute atomic E-state index is 0.275. The predicted molar refractivity (Wildman–Crippen MR) is 144 cm³/mol. The van der Waals surface area contributed by atoms with E-state index in [-0.39, 0.29) is 5.97 Å². The topological polar surface area (TPSA) is 74.0 Å². The Morgan fingerprint density at radius 3 is 2.53 bits per heavy atom. The van der Waals surface area contributed by atoms with Crippen molar-refractivity contribution < 1.29 is 23.4 Å². The van der Waals surface area contributed by atoms with Crippen LogP contribution in [0, 0.1) is 6.92 Å². The molecule has 7 heteroatoms. The third kappa shape index (κ3) is 5.58. The maximum atomic E-state index is 13.0. The van der Waals surface area contributed by atoms with Gasteiger partial charge >= 0.3 is 5.97 Å². The van der Waals surface area contributed by atoms with E-state index in [9.17, 15) is 4.79 Å². The highest BCUT2D eigenvalue weighted by Gasteiger charge is 2.34. The van der Waals surface area contributed by atoms with E-state index < -0.39 is 6.04 Å². The van der Waals surface area contributed by atoms with Gasteiger partial charge in [0.15, 0.2) is 0 Å². The number of carbonyl (C=O) groups excluding carboxylic acids is 1. The van der Waals surface area contributed by atoms with Crippen LogP contribution in [0.1, 0.15) is 34.2 Å². The molecule has 0 radical (unpaired) electrons. The molecule has 1 unspecified atom stereocenters. The molecule has 1 aliphatic rings. The Labute approximate surface area is 223 Å². The lowest BCUT2D eigenvalue weighted by Gasteiger charge is -2.35. The third-order valence-corrected chi connectivity index (χ3v) is 6.94. The van der Waals surface area contributed by atoms with Crippen LogP contribution in [-0.2, 0) is 28.9 Å². The van der Waals surface area contributed by atoms with Crippen molar-refractivity contribution in [3.63, 3.8) is 0 Å². The molecule has 3 aromatic carbocycles. The standard InChI is InChI=1S/C31H32N2O5/c1-21-28(32-30(38-21)24-7-5-4-6-8-24)16-18-37-26-14-11-23-15-17-33(29(27(23)19-26)31(34)36-3)20-22-9-12-25(35-2)13-10-22/h4-14,19,29H,15-18,20H2,1-3H3. The van der Waals surface area contributed by atoms with E-state index in [1.165, 1.54) is 7.11 Å². The summed E-state index contributed by atoms with van der Waals surface area (Å²) in [5.74, 6) is 2.65. The number of carbonyl (C=O) groups is 1. The van der Waals surface area contributed by atoms with Gasteiger partial charge in [-0.15, -0.1) is 0 Å². The second-order valence-electron chi connectivity index (χ2n) is 9.34. The largest absolute Gasteiger partial charge is 0.497 e. The van der Waals surface area contributed by atoms with Crippen molar-refractivity contribution in [1.82, 2.24) is 9.88 Å². The van der Waals surface area contributed by atoms with Crippen LogP contribution in [0.25, 0.3) is 11.5 Å². The molecule has 0 saturated heterocycles. The van der Waals surface area contributed by atoms with Gasteiger partial charge in [0, 0.05) is 25.1 Å². The fourth-order valence-electron chi connectivity index (χ4n) is 4.89. The quantitative estimate of drug-likeness (QED) is 0.272. The lowest BCUT2D eigenvalue weighted by Crippen LogP contribution is -2.39. The lowest BCUT2D eigenvalue weighted by molar-refractivity contribution is -0.148. The normalized spacial score (nSPS) is 15.1. The molecule has 4 aromatic rings. The zero-order valence-corrected chi connectivity index (χ0v) is 22.0. The summed E-state index contributed by atoms with van der Waals surface area (Å²) in [5.41, 5.74) is 5.00. The van der Waals surface area contributed by atoms with Gasteiger partial charge in [-0.1, -0.05) is 36.4 Å². The van der Waals surface area contributed by atoms with Crippen molar-refractivity contribution in [2.24, 2.45) is 0 Å². The fraction of sp³-hybridized carbons (Fsp3) is 0.290. The van der Waals surface area contributed by atoms with Crippen LogP contribution in [0.3, 0.4) is 0 Å². The molecular formula is C31H32N2O5. The number of aromatic nitrogens is 1. The molecular weight excluding hydrogens is 480 g/mol. The maximum Gasteiger partial charge on any atom is 0.327 e. The number of hydrogen-bond donors (Lipinski definition) is 0. The summed E-state index contributed by atoms with van der Waals surface area (Å²) < 4.78 is 22.5. The van der Waals surface area contributed by atoms with Crippen LogP contribution < -0.4 is 9.47 Å². The molecule has 38 heavy (non-hydrogen) atoms. The molecule has 1 aromatic heterocycles. The first-order chi connectivity index (χ1) is 18.6. The molecule has 0 aliphatic carbocycles. The van der Waals surface area contributed by atoms with Gasteiger partial charge in [-0.05, 0) is 66.4 Å². The number of fused-ring (bicyclic) bond motifs is 1. The van der Waals surface area contributed by atoms with Gasteiger partial charge in [-0.3, -0.25) is 4.90 Å². The summed E-state index contributed by atoms with van der Waals surface area (Å²) in [7, 11) is 3.09. The average molecular weight is 513 g/mol. The fourth-order valence-corrected chi connectivity index (χ4v) is 4.89. The molecule has 196 valence electrons. The van der Waals surface area contributed by atoms with Crippen LogP contribution in [0.4, 0.5) is 0 Å². The first-order valence-electron chi connectivity index (χ1n) is 12.8. The summed E-state index contributed by atoms with van der Waals surface area (Å²) in [6.45, 7) is 3.75. The van der Waals surface area contributed by atoms with Gasteiger partial charge in [-0.25, -0.2) is 9.78 Å². The van der Waals surface area contributed by atoms with Crippen LogP contribution in [0.15, 0.2) is 77.2 Å². The van der Waals surface area contributed by atoms with Crippen LogP contribution in [0.5, 0.6) is 11.5 Å². The van der Waals surface area contributed by atoms with E-state index >= 15 is 0 Å².